The Morgan fingerprint density at radius 1 is 1.11 bits per heavy atom. The van der Waals surface area contributed by atoms with Crippen LogP contribution in [-0.2, 0) is 9.53 Å². The van der Waals surface area contributed by atoms with Crippen molar-refractivity contribution in [1.29, 1.82) is 0 Å². The van der Waals surface area contributed by atoms with Crippen LogP contribution in [0.5, 0.6) is 0 Å². The van der Waals surface area contributed by atoms with Crippen LogP contribution in [0.1, 0.15) is 42.5 Å². The summed E-state index contributed by atoms with van der Waals surface area (Å²) in [6.07, 6.45) is 7.58. The van der Waals surface area contributed by atoms with Crippen LogP contribution in [0.3, 0.4) is 0 Å². The molecule has 6 nitrogen and oxygen atoms in total. The van der Waals surface area contributed by atoms with E-state index in [9.17, 15) is 19.5 Å². The van der Waals surface area contributed by atoms with Gasteiger partial charge in [0.1, 0.15) is 0 Å². The van der Waals surface area contributed by atoms with E-state index in [2.05, 4.69) is 0 Å². The summed E-state index contributed by atoms with van der Waals surface area (Å²) < 4.78 is 4.74. The smallest absolute Gasteiger partial charge is 0.417 e. The van der Waals surface area contributed by atoms with Crippen molar-refractivity contribution in [3.8, 4) is 0 Å². The molecule has 1 atom stereocenters. The minimum absolute atomic E-state index is 0.273. The topological polar surface area (TPSA) is 83.9 Å². The van der Waals surface area contributed by atoms with Crippen molar-refractivity contribution >= 4 is 17.8 Å². The Kier molecular flexibility index (Phi) is 5.44. The van der Waals surface area contributed by atoms with Gasteiger partial charge in [-0.2, -0.15) is 0 Å². The third-order valence-corrected chi connectivity index (χ3v) is 5.50. The standard InChI is InChI=1S/C21H23NO5/c1-27-20(26)22-13-10-17(21(19(24)25)11-6-3-7-12-21)16(14-22)18(23)15-8-4-2-5-9-15/h2,4-5,8-10,13-14,17H,3,6-7,11-12H2,1H3,(H,24,25). The van der Waals surface area contributed by atoms with Gasteiger partial charge in [-0.15, -0.1) is 0 Å². The number of carbonyl (C=O) groups is 3. The van der Waals surface area contributed by atoms with Crippen molar-refractivity contribution in [2.75, 3.05) is 7.11 Å². The first-order valence-corrected chi connectivity index (χ1v) is 9.09. The predicted octanol–water partition coefficient (Wildman–Crippen LogP) is 4.00. The number of Topliss-reactive ketones (excluding diaryl/α,β-unsaturated/α-hetero) is 1. The largest absolute Gasteiger partial charge is 0.481 e. The Hall–Kier alpha value is -2.89. The van der Waals surface area contributed by atoms with Crippen molar-refractivity contribution in [2.24, 2.45) is 11.3 Å². The van der Waals surface area contributed by atoms with Crippen molar-refractivity contribution in [3.05, 3.63) is 59.9 Å². The Balaban J connectivity index is 2.06. The fraction of sp³-hybridized carbons (Fsp3) is 0.381. The number of hydrogen-bond acceptors (Lipinski definition) is 4. The van der Waals surface area contributed by atoms with Gasteiger partial charge in [0.15, 0.2) is 5.78 Å². The van der Waals surface area contributed by atoms with Gasteiger partial charge in [-0.25, -0.2) is 4.79 Å². The van der Waals surface area contributed by atoms with Crippen molar-refractivity contribution in [2.45, 2.75) is 32.1 Å². The quantitative estimate of drug-likeness (QED) is 0.811. The van der Waals surface area contributed by atoms with E-state index >= 15 is 0 Å². The van der Waals surface area contributed by atoms with Crippen LogP contribution in [0.4, 0.5) is 4.79 Å². The monoisotopic (exact) mass is 369 g/mol. The Bertz CT molecular complexity index is 790. The van der Waals surface area contributed by atoms with Crippen LogP contribution >= 0.6 is 0 Å². The highest BCUT2D eigenvalue weighted by Crippen LogP contribution is 2.48. The van der Waals surface area contributed by atoms with E-state index < -0.39 is 23.4 Å². The lowest BCUT2D eigenvalue weighted by Gasteiger charge is -2.41. The SMILES string of the molecule is COC(=O)N1C=CC(C2(C(=O)O)CCCCC2)C(C(=O)c2ccccc2)=C1. The third kappa shape index (κ3) is 3.52. The van der Waals surface area contributed by atoms with Gasteiger partial charge in [0.05, 0.1) is 12.5 Å². The number of ether oxygens (including phenoxy) is 1. The Morgan fingerprint density at radius 2 is 1.78 bits per heavy atom. The molecule has 0 aromatic heterocycles. The number of methoxy groups -OCH3 is 1. The second kappa shape index (κ2) is 7.78. The summed E-state index contributed by atoms with van der Waals surface area (Å²) >= 11 is 0. The molecule has 1 aromatic rings. The number of carboxylic acid groups (broad SMARTS) is 1. The van der Waals surface area contributed by atoms with Gasteiger partial charge in [-0.3, -0.25) is 14.5 Å². The van der Waals surface area contributed by atoms with Crippen LogP contribution in [0.15, 0.2) is 54.4 Å². The molecule has 1 aliphatic heterocycles. The zero-order chi connectivity index (χ0) is 19.4. The van der Waals surface area contributed by atoms with Gasteiger partial charge < -0.3 is 9.84 Å². The van der Waals surface area contributed by atoms with Gasteiger partial charge in [0, 0.05) is 29.5 Å². The summed E-state index contributed by atoms with van der Waals surface area (Å²) in [5, 5.41) is 10.1. The molecule has 6 heteroatoms. The van der Waals surface area contributed by atoms with Gasteiger partial charge >= 0.3 is 12.1 Å². The molecule has 0 radical (unpaired) electrons. The fourth-order valence-corrected chi connectivity index (χ4v) is 4.05. The average Bonchev–Trinajstić information content (AvgIpc) is 2.73. The highest BCUT2D eigenvalue weighted by Gasteiger charge is 2.49. The molecule has 1 heterocycles. The average molecular weight is 369 g/mol. The number of nitrogens with zero attached hydrogens (tertiary/aromatic N) is 1. The lowest BCUT2D eigenvalue weighted by molar-refractivity contribution is -0.153. The van der Waals surface area contributed by atoms with Gasteiger partial charge in [-0.1, -0.05) is 55.7 Å². The molecule has 1 aliphatic carbocycles. The van der Waals surface area contributed by atoms with E-state index in [-0.39, 0.29) is 5.78 Å². The first-order chi connectivity index (χ1) is 13.0. The number of allylic oxidation sites excluding steroid dienone is 2. The second-order valence-electron chi connectivity index (χ2n) is 7.00. The molecule has 1 amide bonds. The fourth-order valence-electron chi connectivity index (χ4n) is 4.05. The summed E-state index contributed by atoms with van der Waals surface area (Å²) in [5.74, 6) is -1.76. The highest BCUT2D eigenvalue weighted by atomic mass is 16.5. The normalized spacial score (nSPS) is 21.3. The molecule has 1 N–H and O–H groups in total. The summed E-state index contributed by atoms with van der Waals surface area (Å²) in [7, 11) is 1.26. The number of rotatable bonds is 4. The maximum Gasteiger partial charge on any atom is 0.417 e. The summed E-state index contributed by atoms with van der Waals surface area (Å²) in [6, 6.07) is 8.70. The first kappa shape index (κ1) is 18.9. The minimum atomic E-state index is -1.03. The highest BCUT2D eigenvalue weighted by molar-refractivity contribution is 6.10. The molecule has 27 heavy (non-hydrogen) atoms. The first-order valence-electron chi connectivity index (χ1n) is 9.09. The third-order valence-electron chi connectivity index (χ3n) is 5.50. The zero-order valence-corrected chi connectivity index (χ0v) is 15.3. The molecule has 3 rings (SSSR count). The lowest BCUT2D eigenvalue weighted by Crippen LogP contribution is -2.43. The van der Waals surface area contributed by atoms with Crippen LogP contribution in [0.25, 0.3) is 0 Å². The molecule has 0 spiro atoms. The van der Waals surface area contributed by atoms with E-state index in [4.69, 9.17) is 4.74 Å². The van der Waals surface area contributed by atoms with E-state index in [1.807, 2.05) is 6.07 Å². The number of hydrogen-bond donors (Lipinski definition) is 1. The van der Waals surface area contributed by atoms with Crippen LogP contribution in [0, 0.1) is 11.3 Å². The van der Waals surface area contributed by atoms with Crippen molar-refractivity contribution < 1.29 is 24.2 Å². The molecular weight excluding hydrogens is 346 g/mol. The zero-order valence-electron chi connectivity index (χ0n) is 15.3. The Morgan fingerprint density at radius 3 is 2.37 bits per heavy atom. The molecular formula is C21H23NO5. The van der Waals surface area contributed by atoms with E-state index in [0.29, 0.717) is 24.0 Å². The minimum Gasteiger partial charge on any atom is -0.481 e. The number of amides is 1. The lowest BCUT2D eigenvalue weighted by atomic mass is 9.62. The van der Waals surface area contributed by atoms with Gasteiger partial charge in [-0.05, 0) is 12.8 Å². The summed E-state index contributed by atoms with van der Waals surface area (Å²) in [5.41, 5.74) is -0.267. The predicted molar refractivity (Wildman–Crippen MR) is 98.9 cm³/mol. The van der Waals surface area contributed by atoms with E-state index in [1.54, 1.807) is 30.3 Å². The summed E-state index contributed by atoms with van der Waals surface area (Å²) in [4.78, 5) is 38.6. The van der Waals surface area contributed by atoms with E-state index in [0.717, 1.165) is 19.3 Å². The maximum absolute atomic E-state index is 13.2. The summed E-state index contributed by atoms with van der Waals surface area (Å²) in [6.45, 7) is 0. The van der Waals surface area contributed by atoms with Gasteiger partial charge in [0.2, 0.25) is 0 Å². The van der Waals surface area contributed by atoms with E-state index in [1.165, 1.54) is 24.4 Å². The van der Waals surface area contributed by atoms with Crippen molar-refractivity contribution in [3.63, 3.8) is 0 Å². The molecule has 0 bridgehead atoms. The van der Waals surface area contributed by atoms with Crippen molar-refractivity contribution in [1.82, 2.24) is 4.90 Å². The number of carbonyl (C=O) groups excluding carboxylic acids is 2. The number of ketones is 1. The molecule has 142 valence electrons. The second-order valence-corrected chi connectivity index (χ2v) is 7.00. The maximum atomic E-state index is 13.2. The molecule has 2 aliphatic rings. The van der Waals surface area contributed by atoms with Gasteiger partial charge in [0.25, 0.3) is 0 Å². The molecule has 1 saturated carbocycles. The number of aliphatic carboxylic acids is 1. The van der Waals surface area contributed by atoms with Crippen LogP contribution in [-0.4, -0.2) is 35.0 Å². The molecule has 1 aromatic carbocycles. The van der Waals surface area contributed by atoms with Crippen LogP contribution in [0.2, 0.25) is 0 Å². The Labute approximate surface area is 158 Å². The molecule has 1 fully saturated rings. The molecule has 0 saturated heterocycles. The molecule has 1 unspecified atom stereocenters. The number of carboxylic acids is 1. The van der Waals surface area contributed by atoms with Crippen LogP contribution < -0.4 is 0 Å². The number of benzene rings is 1.